The molecule has 0 unspecified atom stereocenters. The summed E-state index contributed by atoms with van der Waals surface area (Å²) in [4.78, 5) is 26.7. The van der Waals surface area contributed by atoms with Crippen molar-refractivity contribution in [3.63, 3.8) is 0 Å². The summed E-state index contributed by atoms with van der Waals surface area (Å²) in [5, 5.41) is 8.82. The lowest BCUT2D eigenvalue weighted by Crippen LogP contribution is -2.38. The highest BCUT2D eigenvalue weighted by Crippen LogP contribution is 2.07. The molecule has 156 valence electrons. The minimum atomic E-state index is -0.581. The first-order chi connectivity index (χ1) is 13.6. The first-order valence-electron chi connectivity index (χ1n) is 8.86. The third-order valence-corrected chi connectivity index (χ3v) is 3.73. The van der Waals surface area contributed by atoms with E-state index in [2.05, 4.69) is 20.9 Å². The van der Waals surface area contributed by atoms with E-state index in [-0.39, 0.29) is 36.4 Å². The molecule has 0 radical (unpaired) electrons. The van der Waals surface area contributed by atoms with Gasteiger partial charge in [0.05, 0.1) is 13.1 Å². The van der Waals surface area contributed by atoms with Crippen LogP contribution in [0.5, 0.6) is 5.75 Å². The molecule has 0 aromatic heterocycles. The lowest BCUT2D eigenvalue weighted by molar-refractivity contribution is -0.117. The van der Waals surface area contributed by atoms with Crippen molar-refractivity contribution in [3.05, 3.63) is 65.7 Å². The second-order valence-electron chi connectivity index (χ2n) is 5.86. The highest BCUT2D eigenvalue weighted by Gasteiger charge is 2.06. The molecule has 0 bridgehead atoms. The molecule has 29 heavy (non-hydrogen) atoms. The smallest absolute Gasteiger partial charge is 0.251 e. The SMILES string of the molecule is CN=C(NCCOc1ccccc1)NCc1ccc(C(=O)NCC(N)=O)cc1.I. The van der Waals surface area contributed by atoms with Crippen LogP contribution in [0.15, 0.2) is 59.6 Å². The van der Waals surface area contributed by atoms with Crippen LogP contribution >= 0.6 is 24.0 Å². The number of hydrogen-bond acceptors (Lipinski definition) is 4. The Bertz CT molecular complexity index is 798. The second kappa shape index (κ2) is 13.4. The molecule has 0 aliphatic heterocycles. The number of rotatable bonds is 9. The molecule has 2 rings (SSSR count). The molecule has 5 N–H and O–H groups in total. The van der Waals surface area contributed by atoms with Crippen molar-refractivity contribution in [3.8, 4) is 5.75 Å². The van der Waals surface area contributed by atoms with E-state index in [4.69, 9.17) is 10.5 Å². The summed E-state index contributed by atoms with van der Waals surface area (Å²) in [5.41, 5.74) is 6.46. The van der Waals surface area contributed by atoms with Crippen LogP contribution in [-0.4, -0.2) is 44.5 Å². The summed E-state index contributed by atoms with van der Waals surface area (Å²) in [6.07, 6.45) is 0. The molecule has 2 amide bonds. The number of nitrogens with zero attached hydrogens (tertiary/aromatic N) is 1. The number of primary amides is 1. The average molecular weight is 511 g/mol. The maximum Gasteiger partial charge on any atom is 0.251 e. The van der Waals surface area contributed by atoms with Crippen molar-refractivity contribution >= 4 is 41.8 Å². The van der Waals surface area contributed by atoms with Crippen molar-refractivity contribution < 1.29 is 14.3 Å². The number of carbonyl (C=O) groups excluding carboxylic acids is 2. The fraction of sp³-hybridized carbons (Fsp3) is 0.250. The number of guanidine groups is 1. The van der Waals surface area contributed by atoms with Gasteiger partial charge in [-0.15, -0.1) is 24.0 Å². The van der Waals surface area contributed by atoms with Crippen molar-refractivity contribution in [2.75, 3.05) is 26.7 Å². The average Bonchev–Trinajstić information content (AvgIpc) is 2.72. The molecule has 0 spiro atoms. The van der Waals surface area contributed by atoms with Crippen molar-refractivity contribution in [2.24, 2.45) is 10.7 Å². The van der Waals surface area contributed by atoms with E-state index in [1.54, 1.807) is 19.2 Å². The van der Waals surface area contributed by atoms with E-state index in [1.807, 2.05) is 42.5 Å². The standard InChI is InChI=1S/C20H25N5O3.HI/c1-22-20(23-11-12-28-17-5-3-2-4-6-17)25-13-15-7-9-16(10-8-15)19(27)24-14-18(21)26;/h2-10H,11-14H2,1H3,(H2,21,26)(H,24,27)(H2,22,23,25);1H. The van der Waals surface area contributed by atoms with E-state index in [9.17, 15) is 9.59 Å². The third kappa shape index (κ3) is 9.28. The predicted molar refractivity (Wildman–Crippen MR) is 124 cm³/mol. The van der Waals surface area contributed by atoms with Gasteiger partial charge >= 0.3 is 0 Å². The number of halogens is 1. The van der Waals surface area contributed by atoms with Crippen LogP contribution in [-0.2, 0) is 11.3 Å². The van der Waals surface area contributed by atoms with Crippen molar-refractivity contribution in [1.82, 2.24) is 16.0 Å². The summed E-state index contributed by atoms with van der Waals surface area (Å²) in [6, 6.07) is 16.7. The van der Waals surface area contributed by atoms with Gasteiger partial charge < -0.3 is 26.4 Å². The largest absolute Gasteiger partial charge is 0.492 e. The molecule has 2 aromatic carbocycles. The van der Waals surface area contributed by atoms with E-state index < -0.39 is 5.91 Å². The molecule has 0 atom stereocenters. The maximum atomic E-state index is 11.8. The molecule has 8 nitrogen and oxygen atoms in total. The molecular formula is C20H26IN5O3. The van der Waals surface area contributed by atoms with E-state index in [0.717, 1.165) is 11.3 Å². The Kier molecular flexibility index (Phi) is 11.2. The number of aliphatic imine (C=N–C) groups is 1. The molecule has 9 heteroatoms. The van der Waals surface area contributed by atoms with Gasteiger partial charge in [0.2, 0.25) is 5.91 Å². The van der Waals surface area contributed by atoms with Crippen LogP contribution in [0.25, 0.3) is 0 Å². The molecule has 0 heterocycles. The minimum absolute atomic E-state index is 0. The van der Waals surface area contributed by atoms with Gasteiger partial charge in [-0.1, -0.05) is 30.3 Å². The second-order valence-corrected chi connectivity index (χ2v) is 5.86. The topological polar surface area (TPSA) is 118 Å². The molecule has 0 saturated heterocycles. The van der Waals surface area contributed by atoms with Crippen LogP contribution < -0.4 is 26.4 Å². The third-order valence-electron chi connectivity index (χ3n) is 3.73. The summed E-state index contributed by atoms with van der Waals surface area (Å²) >= 11 is 0. The Morgan fingerprint density at radius 3 is 2.31 bits per heavy atom. The number of amides is 2. The summed E-state index contributed by atoms with van der Waals surface area (Å²) in [7, 11) is 1.69. The van der Waals surface area contributed by atoms with Crippen LogP contribution in [0, 0.1) is 0 Å². The zero-order valence-electron chi connectivity index (χ0n) is 16.2. The van der Waals surface area contributed by atoms with E-state index in [1.165, 1.54) is 0 Å². The van der Waals surface area contributed by atoms with E-state index >= 15 is 0 Å². The molecule has 0 aliphatic rings. The summed E-state index contributed by atoms with van der Waals surface area (Å²) in [6.45, 7) is 1.48. The van der Waals surface area contributed by atoms with Gasteiger partial charge in [-0.2, -0.15) is 0 Å². The number of carbonyl (C=O) groups is 2. The minimum Gasteiger partial charge on any atom is -0.492 e. The van der Waals surface area contributed by atoms with Crippen molar-refractivity contribution in [2.45, 2.75) is 6.54 Å². The van der Waals surface area contributed by atoms with Gasteiger partial charge in [-0.3, -0.25) is 14.6 Å². The fourth-order valence-electron chi connectivity index (χ4n) is 2.30. The van der Waals surface area contributed by atoms with Crippen molar-refractivity contribution in [1.29, 1.82) is 0 Å². The lowest BCUT2D eigenvalue weighted by Gasteiger charge is -2.13. The highest BCUT2D eigenvalue weighted by atomic mass is 127. The predicted octanol–water partition coefficient (Wildman–Crippen LogP) is 1.26. The zero-order valence-corrected chi connectivity index (χ0v) is 18.5. The fourth-order valence-corrected chi connectivity index (χ4v) is 2.30. The molecular weight excluding hydrogens is 485 g/mol. The highest BCUT2D eigenvalue weighted by molar-refractivity contribution is 14.0. The Morgan fingerprint density at radius 2 is 1.69 bits per heavy atom. The molecule has 0 saturated carbocycles. The van der Waals surface area contributed by atoms with Gasteiger partial charge in [0, 0.05) is 19.2 Å². The number of nitrogens with one attached hydrogen (secondary N) is 3. The summed E-state index contributed by atoms with van der Waals surface area (Å²) < 4.78 is 5.62. The van der Waals surface area contributed by atoms with Crippen LogP contribution in [0.2, 0.25) is 0 Å². The van der Waals surface area contributed by atoms with Crippen LogP contribution in [0.3, 0.4) is 0 Å². The number of hydrogen-bond donors (Lipinski definition) is 4. The normalized spacial score (nSPS) is 10.4. The number of ether oxygens (including phenoxy) is 1. The molecule has 0 fully saturated rings. The first kappa shape index (κ1) is 24.2. The Balaban J connectivity index is 0.00000420. The van der Waals surface area contributed by atoms with Gasteiger partial charge in [0.1, 0.15) is 12.4 Å². The first-order valence-corrected chi connectivity index (χ1v) is 8.86. The van der Waals surface area contributed by atoms with Gasteiger partial charge in [-0.05, 0) is 29.8 Å². The van der Waals surface area contributed by atoms with Gasteiger partial charge in [0.15, 0.2) is 5.96 Å². The molecule has 0 aliphatic carbocycles. The lowest BCUT2D eigenvalue weighted by atomic mass is 10.1. The van der Waals surface area contributed by atoms with E-state index in [0.29, 0.717) is 31.2 Å². The number of benzene rings is 2. The quantitative estimate of drug-likeness (QED) is 0.175. The maximum absolute atomic E-state index is 11.8. The van der Waals surface area contributed by atoms with Crippen LogP contribution in [0.1, 0.15) is 15.9 Å². The Labute approximate surface area is 187 Å². The molecule has 2 aromatic rings. The zero-order chi connectivity index (χ0) is 20.2. The Hall–Kier alpha value is -2.82. The number of para-hydroxylation sites is 1. The summed E-state index contributed by atoms with van der Waals surface area (Å²) in [5.74, 6) is 0.559. The van der Waals surface area contributed by atoms with Crippen LogP contribution in [0.4, 0.5) is 0 Å². The van der Waals surface area contributed by atoms with Gasteiger partial charge in [-0.25, -0.2) is 0 Å². The Morgan fingerprint density at radius 1 is 1.00 bits per heavy atom. The number of nitrogens with two attached hydrogens (primary N) is 1. The monoisotopic (exact) mass is 511 g/mol. The van der Waals surface area contributed by atoms with Gasteiger partial charge in [0.25, 0.3) is 5.91 Å².